The molecule has 1 aliphatic heterocycles. The number of carbonyl (C=O) groups is 1. The lowest BCUT2D eigenvalue weighted by Gasteiger charge is -2.30. The summed E-state index contributed by atoms with van der Waals surface area (Å²) in [7, 11) is 0. The lowest BCUT2D eigenvalue weighted by molar-refractivity contribution is -0.275. The Kier molecular flexibility index (Phi) is 6.57. The highest BCUT2D eigenvalue weighted by Crippen LogP contribution is 2.52. The Morgan fingerprint density at radius 2 is 1.71 bits per heavy atom. The summed E-state index contributed by atoms with van der Waals surface area (Å²) < 4.78 is 56.1. The number of anilines is 1. The van der Waals surface area contributed by atoms with Crippen LogP contribution in [0.4, 0.5) is 23.2 Å². The number of hydrazine groups is 1. The number of oxime groups is 1. The molecule has 5 nitrogen and oxygen atoms in total. The fraction of sp³-hybridized carbons (Fsp3) is 0.300. The average Bonchev–Trinajstić information content (AvgIpc) is 3.17. The summed E-state index contributed by atoms with van der Waals surface area (Å²) in [6.07, 6.45) is -5.75. The van der Waals surface area contributed by atoms with Crippen LogP contribution >= 0.6 is 58.0 Å². The van der Waals surface area contributed by atoms with Crippen molar-refractivity contribution in [2.75, 3.05) is 5.43 Å². The predicted octanol–water partition coefficient (Wildman–Crippen LogP) is 7.25. The summed E-state index contributed by atoms with van der Waals surface area (Å²) in [4.78, 5) is 16.9. The second kappa shape index (κ2) is 8.78. The Hall–Kier alpha value is -1.65. The zero-order valence-electron chi connectivity index (χ0n) is 16.5. The first kappa shape index (κ1) is 25.4. The van der Waals surface area contributed by atoms with Crippen LogP contribution in [0.2, 0.25) is 20.1 Å². The molecule has 2 aromatic rings. The van der Waals surface area contributed by atoms with Gasteiger partial charge in [-0.05, 0) is 24.3 Å². The molecule has 3 atom stereocenters. The van der Waals surface area contributed by atoms with Gasteiger partial charge in [0.05, 0.1) is 37.4 Å². The highest BCUT2D eigenvalue weighted by Gasteiger charge is 2.62. The number of halogens is 9. The van der Waals surface area contributed by atoms with Crippen LogP contribution in [0.15, 0.2) is 35.5 Å². The first-order valence-corrected chi connectivity index (χ1v) is 11.3. The normalized spacial score (nSPS) is 26.0. The highest BCUT2D eigenvalue weighted by molar-refractivity contribution is 6.48. The maximum atomic E-state index is 14.2. The van der Waals surface area contributed by atoms with Gasteiger partial charge in [-0.15, -0.1) is 0 Å². The maximum absolute atomic E-state index is 14.2. The summed E-state index contributed by atoms with van der Waals surface area (Å²) in [6.45, 7) is 0. The van der Waals surface area contributed by atoms with Gasteiger partial charge in [-0.25, -0.2) is 4.39 Å². The third kappa shape index (κ3) is 4.60. The van der Waals surface area contributed by atoms with Gasteiger partial charge in [-0.2, -0.15) is 13.2 Å². The largest absolute Gasteiger partial charge is 0.435 e. The Balaban J connectivity index is 1.59. The number of nitrogens with zero attached hydrogens (tertiary/aromatic N) is 1. The van der Waals surface area contributed by atoms with Crippen LogP contribution in [0.25, 0.3) is 0 Å². The van der Waals surface area contributed by atoms with E-state index in [1.807, 2.05) is 0 Å². The van der Waals surface area contributed by atoms with Gasteiger partial charge in [0.25, 0.3) is 5.60 Å². The van der Waals surface area contributed by atoms with Crippen molar-refractivity contribution in [2.24, 2.45) is 11.1 Å². The molecule has 2 aliphatic rings. The molecule has 0 bridgehead atoms. The van der Waals surface area contributed by atoms with E-state index >= 15 is 0 Å². The van der Waals surface area contributed by atoms with E-state index in [2.05, 4.69) is 16.0 Å². The van der Waals surface area contributed by atoms with Gasteiger partial charge in [0.15, 0.2) is 5.13 Å². The van der Waals surface area contributed by atoms with Crippen LogP contribution < -0.4 is 10.9 Å². The first-order chi connectivity index (χ1) is 15.7. The van der Waals surface area contributed by atoms with Crippen molar-refractivity contribution in [2.45, 2.75) is 29.7 Å². The molecule has 2 aromatic carbocycles. The van der Waals surface area contributed by atoms with Crippen LogP contribution in [0.1, 0.15) is 24.0 Å². The van der Waals surface area contributed by atoms with Gasteiger partial charge in [-0.3, -0.25) is 15.6 Å². The van der Waals surface area contributed by atoms with Gasteiger partial charge in [0.1, 0.15) is 0 Å². The molecular formula is C20H12Cl5F4N3O2. The first-order valence-electron chi connectivity index (χ1n) is 9.45. The van der Waals surface area contributed by atoms with E-state index in [1.54, 1.807) is 0 Å². The topological polar surface area (TPSA) is 62.7 Å². The molecule has 34 heavy (non-hydrogen) atoms. The monoisotopic (exact) mass is 577 g/mol. The molecule has 1 aliphatic carbocycles. The van der Waals surface area contributed by atoms with Crippen LogP contribution in [-0.4, -0.2) is 22.9 Å². The molecule has 0 unspecified atom stereocenters. The third-order valence-electron chi connectivity index (χ3n) is 5.40. The van der Waals surface area contributed by atoms with Gasteiger partial charge in [-0.1, -0.05) is 69.2 Å². The SMILES string of the molecule is O=C(NNc1cc(C2=NO[C@@](c3cc(Cl)c(Cl)c(Cl)c3)(C(F)(F)F)C2)ccc1Cl)[C@H]1C[C@]1(F)Cl. The molecule has 1 heterocycles. The van der Waals surface area contributed by atoms with Gasteiger partial charge >= 0.3 is 6.18 Å². The number of hydrogen-bond donors (Lipinski definition) is 2. The predicted molar refractivity (Wildman–Crippen MR) is 122 cm³/mol. The van der Waals surface area contributed by atoms with Crippen LogP contribution in [0.5, 0.6) is 0 Å². The number of benzene rings is 2. The zero-order valence-corrected chi connectivity index (χ0v) is 20.3. The summed E-state index contributed by atoms with van der Waals surface area (Å²) in [5, 5.41) is 1.25. The average molecular weight is 580 g/mol. The van der Waals surface area contributed by atoms with Crippen LogP contribution in [-0.2, 0) is 15.2 Å². The molecule has 1 saturated carbocycles. The number of rotatable bonds is 5. The number of hydrogen-bond acceptors (Lipinski definition) is 4. The number of alkyl halides is 5. The zero-order chi connectivity index (χ0) is 25.1. The third-order valence-corrected chi connectivity index (χ3v) is 7.34. The van der Waals surface area contributed by atoms with Crippen molar-refractivity contribution in [1.82, 2.24) is 5.43 Å². The molecular weight excluding hydrogens is 567 g/mol. The van der Waals surface area contributed by atoms with Crippen LogP contribution in [0.3, 0.4) is 0 Å². The lowest BCUT2D eigenvalue weighted by atomic mass is 9.86. The van der Waals surface area contributed by atoms with E-state index in [9.17, 15) is 22.4 Å². The van der Waals surface area contributed by atoms with Gasteiger partial charge in [0, 0.05) is 24.0 Å². The van der Waals surface area contributed by atoms with Gasteiger partial charge in [0.2, 0.25) is 5.91 Å². The summed E-state index contributed by atoms with van der Waals surface area (Å²) in [6, 6.07) is 6.21. The van der Waals surface area contributed by atoms with Crippen LogP contribution in [0, 0.1) is 5.92 Å². The molecule has 182 valence electrons. The standard InChI is InChI=1S/C20H12Cl5F4N3O2/c21-11-2-1-8(3-14(11)30-31-17(33)10-6-19(10,25)26)15-7-18(34-32-15,20(27,28)29)9-4-12(22)16(24)13(23)5-9/h1-5,10,30H,6-7H2,(H,31,33)/t10-,18+,19-/m1/s1. The molecule has 1 amide bonds. The maximum Gasteiger partial charge on any atom is 0.435 e. The fourth-order valence-electron chi connectivity index (χ4n) is 3.36. The quantitative estimate of drug-likeness (QED) is 0.170. The summed E-state index contributed by atoms with van der Waals surface area (Å²) in [5.41, 5.74) is 1.85. The van der Waals surface area contributed by atoms with E-state index in [4.69, 9.17) is 62.8 Å². The van der Waals surface area contributed by atoms with Crippen molar-refractivity contribution in [3.63, 3.8) is 0 Å². The van der Waals surface area contributed by atoms with E-state index in [0.717, 1.165) is 12.1 Å². The lowest BCUT2D eigenvalue weighted by Crippen LogP contribution is -2.42. The van der Waals surface area contributed by atoms with E-state index in [0.29, 0.717) is 0 Å². The van der Waals surface area contributed by atoms with E-state index in [-0.39, 0.29) is 49.0 Å². The van der Waals surface area contributed by atoms with Crippen molar-refractivity contribution < 1.29 is 27.2 Å². The fourth-order valence-corrected chi connectivity index (χ4v) is 4.38. The molecule has 4 rings (SSSR count). The van der Waals surface area contributed by atoms with Crippen molar-refractivity contribution in [3.05, 3.63) is 61.5 Å². The summed E-state index contributed by atoms with van der Waals surface area (Å²) in [5.74, 6) is -1.73. The van der Waals surface area contributed by atoms with Gasteiger partial charge < -0.3 is 4.84 Å². The van der Waals surface area contributed by atoms with Crippen molar-refractivity contribution >= 4 is 75.3 Å². The second-order valence-corrected chi connectivity index (χ2v) is 9.94. The minimum absolute atomic E-state index is 0.0590. The Morgan fingerprint density at radius 1 is 1.09 bits per heavy atom. The number of nitrogens with one attached hydrogen (secondary N) is 2. The molecule has 0 radical (unpaired) electrons. The second-order valence-electron chi connectivity index (χ2n) is 7.71. The Bertz CT molecular complexity index is 1180. The summed E-state index contributed by atoms with van der Waals surface area (Å²) >= 11 is 29.3. The number of carbonyl (C=O) groups excluding carboxylic acids is 1. The smallest absolute Gasteiger partial charge is 0.374 e. The molecule has 0 aromatic heterocycles. The molecule has 0 spiro atoms. The van der Waals surface area contributed by atoms with E-state index in [1.165, 1.54) is 18.2 Å². The molecule has 0 saturated heterocycles. The molecule has 2 N–H and O–H groups in total. The van der Waals surface area contributed by atoms with Crippen molar-refractivity contribution in [3.8, 4) is 0 Å². The number of amides is 1. The minimum atomic E-state index is -4.90. The Morgan fingerprint density at radius 3 is 2.26 bits per heavy atom. The molecule has 1 fully saturated rings. The molecule has 14 heteroatoms. The minimum Gasteiger partial charge on any atom is -0.374 e. The Labute approximate surface area is 215 Å². The van der Waals surface area contributed by atoms with E-state index < -0.39 is 35.2 Å². The highest BCUT2D eigenvalue weighted by atomic mass is 35.5. The van der Waals surface area contributed by atoms with Crippen molar-refractivity contribution in [1.29, 1.82) is 0 Å².